The summed E-state index contributed by atoms with van der Waals surface area (Å²) in [6.07, 6.45) is 2.65. The number of aliphatic hydroxyl groups is 1. The molecule has 1 unspecified atom stereocenters. The number of hydrogen-bond acceptors (Lipinski definition) is 5. The average Bonchev–Trinajstić information content (AvgIpc) is 2.33. The van der Waals surface area contributed by atoms with Crippen LogP contribution in [0, 0.1) is 0 Å². The van der Waals surface area contributed by atoms with Crippen LogP contribution in [0.15, 0.2) is 11.6 Å². The zero-order valence-corrected chi connectivity index (χ0v) is 10.9. The van der Waals surface area contributed by atoms with Crippen molar-refractivity contribution in [1.29, 1.82) is 0 Å². The van der Waals surface area contributed by atoms with Gasteiger partial charge in [-0.3, -0.25) is 0 Å². The first-order chi connectivity index (χ1) is 8.15. The van der Waals surface area contributed by atoms with E-state index in [2.05, 4.69) is 10.1 Å². The molecule has 100 valence electrons. The quantitative estimate of drug-likeness (QED) is 0.351. The number of nitrogens with one attached hydrogen (secondary N) is 1. The zero-order chi connectivity index (χ0) is 13.1. The molecule has 1 atom stereocenters. The predicted molar refractivity (Wildman–Crippen MR) is 65.8 cm³/mol. The van der Waals surface area contributed by atoms with Gasteiger partial charge in [-0.1, -0.05) is 13.0 Å². The van der Waals surface area contributed by atoms with E-state index in [-0.39, 0.29) is 5.97 Å². The van der Waals surface area contributed by atoms with Gasteiger partial charge in [0, 0.05) is 19.2 Å². The summed E-state index contributed by atoms with van der Waals surface area (Å²) in [4.78, 5) is 11.2. The monoisotopic (exact) mass is 245 g/mol. The maximum absolute atomic E-state index is 11.2. The van der Waals surface area contributed by atoms with E-state index in [1.54, 1.807) is 7.11 Å². The molecule has 0 spiro atoms. The highest BCUT2D eigenvalue weighted by molar-refractivity contribution is 5.88. The minimum absolute atomic E-state index is 0.284. The number of carbonyl (C=O) groups excluding carboxylic acids is 1. The molecular formula is C12H23NO4. The number of aliphatic hydroxyl groups excluding tert-OH is 1. The lowest BCUT2D eigenvalue weighted by Gasteiger charge is -2.09. The lowest BCUT2D eigenvalue weighted by atomic mass is 10.2. The van der Waals surface area contributed by atoms with Crippen LogP contribution in [0.25, 0.3) is 0 Å². The summed E-state index contributed by atoms with van der Waals surface area (Å²) in [5.41, 5.74) is 0.664. The summed E-state index contributed by atoms with van der Waals surface area (Å²) in [6.45, 7) is 3.53. The normalized spacial score (nSPS) is 13.5. The van der Waals surface area contributed by atoms with Gasteiger partial charge >= 0.3 is 5.97 Å². The third-order valence-corrected chi connectivity index (χ3v) is 2.33. The molecule has 17 heavy (non-hydrogen) atoms. The Morgan fingerprint density at radius 2 is 2.18 bits per heavy atom. The fraction of sp³-hybridized carbons (Fsp3) is 0.750. The van der Waals surface area contributed by atoms with E-state index in [0.29, 0.717) is 38.1 Å². The van der Waals surface area contributed by atoms with Gasteiger partial charge < -0.3 is 19.9 Å². The first kappa shape index (κ1) is 16.1. The summed E-state index contributed by atoms with van der Waals surface area (Å²) in [7, 11) is 2.93. The van der Waals surface area contributed by atoms with Crippen molar-refractivity contribution in [2.45, 2.75) is 25.9 Å². The van der Waals surface area contributed by atoms with Crippen LogP contribution in [0.5, 0.6) is 0 Å². The zero-order valence-electron chi connectivity index (χ0n) is 10.9. The standard InChI is InChI=1S/C12H23NO4/c1-4-10(12(15)17-3)5-7-13-8-6-11(14)9-16-2/h5,11,13-14H,4,6-9H2,1-3H3. The Kier molecular flexibility index (Phi) is 9.71. The topological polar surface area (TPSA) is 67.8 Å². The van der Waals surface area contributed by atoms with Crippen LogP contribution < -0.4 is 5.32 Å². The van der Waals surface area contributed by atoms with E-state index < -0.39 is 6.10 Å². The molecule has 0 aliphatic heterocycles. The fourth-order valence-electron chi connectivity index (χ4n) is 1.34. The van der Waals surface area contributed by atoms with Crippen LogP contribution in [-0.4, -0.2) is 51.1 Å². The van der Waals surface area contributed by atoms with Crippen molar-refractivity contribution in [3.05, 3.63) is 11.6 Å². The summed E-state index contributed by atoms with van der Waals surface area (Å²) in [6, 6.07) is 0. The van der Waals surface area contributed by atoms with Gasteiger partial charge in [0.15, 0.2) is 0 Å². The first-order valence-corrected chi connectivity index (χ1v) is 5.80. The van der Waals surface area contributed by atoms with Crippen LogP contribution in [-0.2, 0) is 14.3 Å². The summed E-state index contributed by atoms with van der Waals surface area (Å²) >= 11 is 0. The van der Waals surface area contributed by atoms with Crippen LogP contribution in [0.3, 0.4) is 0 Å². The van der Waals surface area contributed by atoms with Crippen molar-refractivity contribution >= 4 is 5.97 Å². The second-order valence-electron chi connectivity index (χ2n) is 3.68. The number of esters is 1. The smallest absolute Gasteiger partial charge is 0.333 e. The van der Waals surface area contributed by atoms with Gasteiger partial charge in [-0.2, -0.15) is 0 Å². The molecule has 0 fully saturated rings. The molecule has 0 radical (unpaired) electrons. The molecule has 2 N–H and O–H groups in total. The molecule has 5 heteroatoms. The highest BCUT2D eigenvalue weighted by Crippen LogP contribution is 2.01. The Bertz CT molecular complexity index is 241. The second kappa shape index (κ2) is 10.3. The van der Waals surface area contributed by atoms with E-state index in [0.717, 1.165) is 0 Å². The van der Waals surface area contributed by atoms with Gasteiger partial charge in [-0.05, 0) is 19.4 Å². The van der Waals surface area contributed by atoms with Gasteiger partial charge in [0.2, 0.25) is 0 Å². The SMILES string of the molecule is CCC(=CCNCCC(O)COC)C(=O)OC. The van der Waals surface area contributed by atoms with Gasteiger partial charge in [0.1, 0.15) is 0 Å². The largest absolute Gasteiger partial charge is 0.466 e. The molecule has 0 saturated heterocycles. The van der Waals surface area contributed by atoms with E-state index in [9.17, 15) is 9.90 Å². The van der Waals surface area contributed by atoms with E-state index in [1.807, 2.05) is 13.0 Å². The van der Waals surface area contributed by atoms with E-state index in [1.165, 1.54) is 7.11 Å². The second-order valence-corrected chi connectivity index (χ2v) is 3.68. The third-order valence-electron chi connectivity index (χ3n) is 2.33. The fourth-order valence-corrected chi connectivity index (χ4v) is 1.34. The van der Waals surface area contributed by atoms with Crippen molar-refractivity contribution < 1.29 is 19.4 Å². The van der Waals surface area contributed by atoms with Crippen molar-refractivity contribution in [1.82, 2.24) is 5.32 Å². The molecule has 0 aromatic carbocycles. The summed E-state index contributed by atoms with van der Waals surface area (Å²) in [5.74, 6) is -0.284. The highest BCUT2D eigenvalue weighted by Gasteiger charge is 2.06. The highest BCUT2D eigenvalue weighted by atomic mass is 16.5. The first-order valence-electron chi connectivity index (χ1n) is 5.80. The molecule has 0 aliphatic rings. The molecule has 0 heterocycles. The maximum atomic E-state index is 11.2. The van der Waals surface area contributed by atoms with Crippen molar-refractivity contribution in [3.8, 4) is 0 Å². The number of ether oxygens (including phenoxy) is 2. The molecule has 0 bridgehead atoms. The Labute approximate surface area is 103 Å². The minimum Gasteiger partial charge on any atom is -0.466 e. The van der Waals surface area contributed by atoms with E-state index in [4.69, 9.17) is 4.74 Å². The Balaban J connectivity index is 3.74. The lowest BCUT2D eigenvalue weighted by Crippen LogP contribution is -2.23. The van der Waals surface area contributed by atoms with Crippen LogP contribution in [0.1, 0.15) is 19.8 Å². The Hall–Kier alpha value is -0.910. The van der Waals surface area contributed by atoms with Crippen LogP contribution >= 0.6 is 0 Å². The maximum Gasteiger partial charge on any atom is 0.333 e. The van der Waals surface area contributed by atoms with Crippen molar-refractivity contribution in [3.63, 3.8) is 0 Å². The molecule has 5 nitrogen and oxygen atoms in total. The van der Waals surface area contributed by atoms with Gasteiger partial charge in [0.25, 0.3) is 0 Å². The van der Waals surface area contributed by atoms with Gasteiger partial charge in [0.05, 0.1) is 19.8 Å². The molecule has 0 aromatic heterocycles. The number of carbonyl (C=O) groups is 1. The molecule has 0 saturated carbocycles. The van der Waals surface area contributed by atoms with E-state index >= 15 is 0 Å². The van der Waals surface area contributed by atoms with Gasteiger partial charge in [-0.15, -0.1) is 0 Å². The summed E-state index contributed by atoms with van der Waals surface area (Å²) in [5, 5.41) is 12.5. The molecule has 0 aliphatic carbocycles. The third kappa shape index (κ3) is 7.90. The molecule has 0 amide bonds. The Morgan fingerprint density at radius 1 is 1.47 bits per heavy atom. The Morgan fingerprint density at radius 3 is 2.71 bits per heavy atom. The van der Waals surface area contributed by atoms with Crippen molar-refractivity contribution in [2.24, 2.45) is 0 Å². The van der Waals surface area contributed by atoms with Gasteiger partial charge in [-0.25, -0.2) is 4.79 Å². The summed E-state index contributed by atoms with van der Waals surface area (Å²) < 4.78 is 9.45. The molecule has 0 aromatic rings. The lowest BCUT2D eigenvalue weighted by molar-refractivity contribution is -0.136. The minimum atomic E-state index is -0.442. The molecule has 0 rings (SSSR count). The number of rotatable bonds is 9. The van der Waals surface area contributed by atoms with Crippen LogP contribution in [0.2, 0.25) is 0 Å². The molecular weight excluding hydrogens is 222 g/mol. The average molecular weight is 245 g/mol. The predicted octanol–water partition coefficient (Wildman–Crippen LogP) is 0.483. The number of hydrogen-bond donors (Lipinski definition) is 2. The van der Waals surface area contributed by atoms with Crippen molar-refractivity contribution in [2.75, 3.05) is 33.9 Å². The van der Waals surface area contributed by atoms with Crippen LogP contribution in [0.4, 0.5) is 0 Å². The number of methoxy groups -OCH3 is 2.